The Hall–Kier alpha value is -1.74. The maximum atomic E-state index is 5.86. The van der Waals surface area contributed by atoms with Crippen LogP contribution in [0, 0.1) is 20.8 Å². The van der Waals surface area contributed by atoms with Crippen molar-refractivity contribution in [3.05, 3.63) is 52.5 Å². The van der Waals surface area contributed by atoms with Gasteiger partial charge in [-0.2, -0.15) is 0 Å². The fourth-order valence-electron chi connectivity index (χ4n) is 1.90. The number of benzene rings is 1. The Morgan fingerprint density at radius 2 is 1.67 bits per heavy atom. The highest BCUT2D eigenvalue weighted by Crippen LogP contribution is 2.26. The molecule has 1 heterocycles. The SMILES string of the molecule is Cc1ccc(C)c(OCc2ccc(CN)o2)c1C. The summed E-state index contributed by atoms with van der Waals surface area (Å²) in [6.45, 7) is 7.06. The summed E-state index contributed by atoms with van der Waals surface area (Å²) in [7, 11) is 0. The fraction of sp³-hybridized carbons (Fsp3) is 0.333. The van der Waals surface area contributed by atoms with Gasteiger partial charge in [-0.1, -0.05) is 12.1 Å². The van der Waals surface area contributed by atoms with Crippen LogP contribution >= 0.6 is 0 Å². The Kier molecular flexibility index (Phi) is 3.72. The van der Waals surface area contributed by atoms with E-state index in [9.17, 15) is 0 Å². The third-order valence-electron chi connectivity index (χ3n) is 3.15. The second-order valence-electron chi connectivity index (χ2n) is 4.51. The Morgan fingerprint density at radius 1 is 1.00 bits per heavy atom. The summed E-state index contributed by atoms with van der Waals surface area (Å²) in [5, 5.41) is 0. The highest BCUT2D eigenvalue weighted by Gasteiger charge is 2.08. The van der Waals surface area contributed by atoms with Crippen LogP contribution in [-0.4, -0.2) is 0 Å². The predicted molar refractivity (Wildman–Crippen MR) is 71.6 cm³/mol. The molecule has 0 aliphatic rings. The molecule has 0 saturated heterocycles. The molecule has 0 aliphatic heterocycles. The van der Waals surface area contributed by atoms with Crippen LogP contribution in [0.4, 0.5) is 0 Å². The summed E-state index contributed by atoms with van der Waals surface area (Å²) in [4.78, 5) is 0. The lowest BCUT2D eigenvalue weighted by atomic mass is 10.1. The van der Waals surface area contributed by atoms with Crippen LogP contribution in [0.15, 0.2) is 28.7 Å². The maximum absolute atomic E-state index is 5.86. The molecular weight excluding hydrogens is 226 g/mol. The molecule has 2 aromatic rings. The minimum absolute atomic E-state index is 0.419. The van der Waals surface area contributed by atoms with E-state index in [2.05, 4.69) is 32.9 Å². The average Bonchev–Trinajstić information content (AvgIpc) is 2.82. The molecule has 2 N–H and O–H groups in total. The van der Waals surface area contributed by atoms with Gasteiger partial charge < -0.3 is 14.9 Å². The van der Waals surface area contributed by atoms with Crippen molar-refractivity contribution >= 4 is 0 Å². The van der Waals surface area contributed by atoms with Crippen molar-refractivity contribution in [2.45, 2.75) is 33.9 Å². The van der Waals surface area contributed by atoms with Crippen molar-refractivity contribution < 1.29 is 9.15 Å². The third kappa shape index (κ3) is 2.57. The van der Waals surface area contributed by atoms with Crippen LogP contribution in [0.2, 0.25) is 0 Å². The molecule has 2 rings (SSSR count). The highest BCUT2D eigenvalue weighted by atomic mass is 16.5. The molecule has 0 radical (unpaired) electrons. The van der Waals surface area contributed by atoms with Crippen LogP contribution in [0.1, 0.15) is 28.2 Å². The van der Waals surface area contributed by atoms with Crippen molar-refractivity contribution in [2.75, 3.05) is 0 Å². The van der Waals surface area contributed by atoms with Crippen LogP contribution in [-0.2, 0) is 13.2 Å². The zero-order valence-electron chi connectivity index (χ0n) is 11.1. The van der Waals surface area contributed by atoms with E-state index in [-0.39, 0.29) is 0 Å². The molecule has 1 aromatic carbocycles. The number of rotatable bonds is 4. The molecule has 0 spiro atoms. The first-order valence-corrected chi connectivity index (χ1v) is 6.09. The second-order valence-corrected chi connectivity index (χ2v) is 4.51. The number of ether oxygens (including phenoxy) is 1. The minimum Gasteiger partial charge on any atom is -0.485 e. The van der Waals surface area contributed by atoms with Gasteiger partial charge in [0.1, 0.15) is 23.9 Å². The fourth-order valence-corrected chi connectivity index (χ4v) is 1.90. The van der Waals surface area contributed by atoms with E-state index in [1.807, 2.05) is 12.1 Å². The number of nitrogens with two attached hydrogens (primary N) is 1. The van der Waals surface area contributed by atoms with Crippen molar-refractivity contribution in [3.8, 4) is 5.75 Å². The van der Waals surface area contributed by atoms with Gasteiger partial charge in [0, 0.05) is 0 Å². The van der Waals surface area contributed by atoms with Gasteiger partial charge in [0.15, 0.2) is 0 Å². The van der Waals surface area contributed by atoms with E-state index in [0.717, 1.165) is 22.8 Å². The number of hydrogen-bond acceptors (Lipinski definition) is 3. The number of furan rings is 1. The molecule has 0 bridgehead atoms. The molecule has 0 saturated carbocycles. The Balaban J connectivity index is 2.12. The van der Waals surface area contributed by atoms with Crippen LogP contribution in [0.5, 0.6) is 5.75 Å². The smallest absolute Gasteiger partial charge is 0.146 e. The van der Waals surface area contributed by atoms with Gasteiger partial charge in [0.25, 0.3) is 0 Å². The summed E-state index contributed by atoms with van der Waals surface area (Å²) in [5.41, 5.74) is 9.06. The van der Waals surface area contributed by atoms with Crippen LogP contribution in [0.25, 0.3) is 0 Å². The van der Waals surface area contributed by atoms with E-state index in [0.29, 0.717) is 13.2 Å². The first-order valence-electron chi connectivity index (χ1n) is 6.09. The minimum atomic E-state index is 0.419. The Labute approximate surface area is 108 Å². The molecule has 0 aliphatic carbocycles. The lowest BCUT2D eigenvalue weighted by molar-refractivity contribution is 0.263. The Bertz CT molecular complexity index is 543. The topological polar surface area (TPSA) is 48.4 Å². The highest BCUT2D eigenvalue weighted by molar-refractivity contribution is 5.44. The third-order valence-corrected chi connectivity index (χ3v) is 3.15. The zero-order valence-corrected chi connectivity index (χ0v) is 11.1. The quantitative estimate of drug-likeness (QED) is 0.899. The molecular formula is C15H19NO2. The van der Waals surface area contributed by atoms with E-state index in [1.165, 1.54) is 11.1 Å². The van der Waals surface area contributed by atoms with Crippen LogP contribution in [0.3, 0.4) is 0 Å². The molecule has 3 heteroatoms. The molecule has 18 heavy (non-hydrogen) atoms. The van der Waals surface area contributed by atoms with Gasteiger partial charge in [-0.15, -0.1) is 0 Å². The predicted octanol–water partition coefficient (Wildman–Crippen LogP) is 3.24. The Morgan fingerprint density at radius 3 is 2.33 bits per heavy atom. The van der Waals surface area contributed by atoms with Crippen molar-refractivity contribution in [2.24, 2.45) is 5.73 Å². The van der Waals surface area contributed by atoms with Gasteiger partial charge in [-0.05, 0) is 49.6 Å². The molecule has 0 unspecified atom stereocenters. The summed E-state index contributed by atoms with van der Waals surface area (Å²) < 4.78 is 11.4. The lowest BCUT2D eigenvalue weighted by Crippen LogP contribution is -1.99. The molecule has 0 fully saturated rings. The van der Waals surface area contributed by atoms with Gasteiger partial charge >= 0.3 is 0 Å². The molecule has 3 nitrogen and oxygen atoms in total. The standard InChI is InChI=1S/C15H19NO2/c1-10-4-5-11(2)15(12(10)3)17-9-14-7-6-13(8-16)18-14/h4-7H,8-9,16H2,1-3H3. The monoisotopic (exact) mass is 245 g/mol. The largest absolute Gasteiger partial charge is 0.485 e. The van der Waals surface area contributed by atoms with Gasteiger partial charge in [0.05, 0.1) is 6.54 Å². The van der Waals surface area contributed by atoms with Crippen molar-refractivity contribution in [3.63, 3.8) is 0 Å². The van der Waals surface area contributed by atoms with E-state index in [1.54, 1.807) is 0 Å². The second kappa shape index (κ2) is 5.27. The zero-order chi connectivity index (χ0) is 13.1. The summed E-state index contributed by atoms with van der Waals surface area (Å²) in [6.07, 6.45) is 0. The van der Waals surface area contributed by atoms with Crippen molar-refractivity contribution in [1.29, 1.82) is 0 Å². The van der Waals surface area contributed by atoms with Gasteiger partial charge in [0.2, 0.25) is 0 Å². The molecule has 0 amide bonds. The van der Waals surface area contributed by atoms with E-state index in [4.69, 9.17) is 14.9 Å². The first-order chi connectivity index (χ1) is 8.61. The average molecular weight is 245 g/mol. The summed E-state index contributed by atoms with van der Waals surface area (Å²) in [6, 6.07) is 7.97. The van der Waals surface area contributed by atoms with Crippen LogP contribution < -0.4 is 10.5 Å². The summed E-state index contributed by atoms with van der Waals surface area (Å²) in [5.74, 6) is 2.53. The maximum Gasteiger partial charge on any atom is 0.146 e. The number of hydrogen-bond donors (Lipinski definition) is 1. The number of aryl methyl sites for hydroxylation is 2. The molecule has 1 aromatic heterocycles. The van der Waals surface area contributed by atoms with E-state index >= 15 is 0 Å². The normalized spacial score (nSPS) is 10.7. The summed E-state index contributed by atoms with van der Waals surface area (Å²) >= 11 is 0. The van der Waals surface area contributed by atoms with Gasteiger partial charge in [-0.3, -0.25) is 0 Å². The first kappa shape index (κ1) is 12.7. The van der Waals surface area contributed by atoms with Gasteiger partial charge in [-0.25, -0.2) is 0 Å². The molecule has 0 atom stereocenters. The van der Waals surface area contributed by atoms with E-state index < -0.39 is 0 Å². The van der Waals surface area contributed by atoms with Crippen molar-refractivity contribution in [1.82, 2.24) is 0 Å². The molecule has 96 valence electrons. The lowest BCUT2D eigenvalue weighted by Gasteiger charge is -2.12.